The lowest BCUT2D eigenvalue weighted by molar-refractivity contribution is 0.161. The van der Waals surface area contributed by atoms with E-state index in [0.717, 1.165) is 18.0 Å². The topological polar surface area (TPSA) is 83.3 Å². The molecular weight excluding hydrogens is 398 g/mol. The number of benzene rings is 1. The van der Waals surface area contributed by atoms with Crippen molar-refractivity contribution in [3.8, 4) is 16.3 Å². The maximum Gasteiger partial charge on any atom is 0.264 e. The number of fused-ring (bicyclic) bond motifs is 1. The molecule has 30 heavy (non-hydrogen) atoms. The number of rotatable bonds is 3. The van der Waals surface area contributed by atoms with Crippen molar-refractivity contribution in [1.29, 1.82) is 0 Å². The molecule has 1 saturated heterocycles. The second-order valence-corrected chi connectivity index (χ2v) is 10.5. The molecule has 7 nitrogen and oxygen atoms in total. The minimum atomic E-state index is -0.277. The first-order valence-electron chi connectivity index (χ1n) is 10.2. The highest BCUT2D eigenvalue weighted by Gasteiger charge is 2.40. The van der Waals surface area contributed by atoms with E-state index in [1.165, 1.54) is 11.3 Å². The Hall–Kier alpha value is -2.45. The van der Waals surface area contributed by atoms with Crippen LogP contribution in [0.4, 0.5) is 5.13 Å². The Kier molecular flexibility index (Phi) is 4.90. The summed E-state index contributed by atoms with van der Waals surface area (Å²) in [7, 11) is 3.74. The van der Waals surface area contributed by atoms with Crippen LogP contribution >= 0.6 is 11.3 Å². The van der Waals surface area contributed by atoms with Crippen LogP contribution in [0.3, 0.4) is 0 Å². The van der Waals surface area contributed by atoms with Crippen LogP contribution in [0.5, 0.6) is 5.75 Å². The molecule has 160 valence electrons. The van der Waals surface area contributed by atoms with Crippen LogP contribution in [-0.2, 0) is 7.05 Å². The summed E-state index contributed by atoms with van der Waals surface area (Å²) >= 11 is 1.34. The fraction of sp³-hybridized carbons (Fsp3) is 0.500. The van der Waals surface area contributed by atoms with Gasteiger partial charge in [-0.15, -0.1) is 10.2 Å². The molecule has 1 aliphatic rings. The van der Waals surface area contributed by atoms with Gasteiger partial charge in [0.15, 0.2) is 5.01 Å². The molecule has 0 unspecified atom stereocenters. The van der Waals surface area contributed by atoms with Gasteiger partial charge in [-0.1, -0.05) is 23.5 Å². The van der Waals surface area contributed by atoms with E-state index < -0.39 is 0 Å². The van der Waals surface area contributed by atoms with Crippen LogP contribution in [-0.4, -0.2) is 44.0 Å². The van der Waals surface area contributed by atoms with Gasteiger partial charge < -0.3 is 19.9 Å². The van der Waals surface area contributed by atoms with Gasteiger partial charge in [0, 0.05) is 36.6 Å². The van der Waals surface area contributed by atoms with E-state index in [2.05, 4.69) is 48.1 Å². The normalized spacial score (nSPS) is 18.6. The first-order chi connectivity index (χ1) is 14.0. The Morgan fingerprint density at radius 3 is 2.47 bits per heavy atom. The average Bonchev–Trinajstić information content (AvgIpc) is 3.13. The quantitative estimate of drug-likeness (QED) is 0.666. The summed E-state index contributed by atoms with van der Waals surface area (Å²) in [5, 5.41) is 25.0. The lowest BCUT2D eigenvalue weighted by atomic mass is 9.79. The fourth-order valence-corrected chi connectivity index (χ4v) is 5.75. The van der Waals surface area contributed by atoms with Crippen molar-refractivity contribution < 1.29 is 5.11 Å². The zero-order valence-corrected chi connectivity index (χ0v) is 19.2. The van der Waals surface area contributed by atoms with E-state index in [4.69, 9.17) is 0 Å². The summed E-state index contributed by atoms with van der Waals surface area (Å²) in [6, 6.07) is 7.61. The van der Waals surface area contributed by atoms with Gasteiger partial charge in [0.2, 0.25) is 5.13 Å². The molecule has 3 aromatic rings. The number of nitrogens with zero attached hydrogens (tertiary/aromatic N) is 4. The highest BCUT2D eigenvalue weighted by molar-refractivity contribution is 7.18. The van der Waals surface area contributed by atoms with Crippen LogP contribution < -0.4 is 15.8 Å². The predicted octanol–water partition coefficient (Wildman–Crippen LogP) is 3.51. The lowest BCUT2D eigenvalue weighted by Gasteiger charge is -2.48. The SMILES string of the molecule is CN(c1nnc(-c2c(O)c3ccccc3n(C)c2=O)s1)C1CC(C)(C)NC(C)(C)C1. The third-order valence-corrected chi connectivity index (χ3v) is 6.95. The molecule has 0 saturated carbocycles. The summed E-state index contributed by atoms with van der Waals surface area (Å²) in [4.78, 5) is 15.1. The van der Waals surface area contributed by atoms with E-state index in [1.54, 1.807) is 17.7 Å². The van der Waals surface area contributed by atoms with Crippen molar-refractivity contribution in [1.82, 2.24) is 20.1 Å². The largest absolute Gasteiger partial charge is 0.506 e. The van der Waals surface area contributed by atoms with Crippen molar-refractivity contribution in [2.75, 3.05) is 11.9 Å². The number of aryl methyl sites for hydroxylation is 1. The minimum absolute atomic E-state index is 0.0146. The van der Waals surface area contributed by atoms with Crippen LogP contribution in [0.15, 0.2) is 29.1 Å². The van der Waals surface area contributed by atoms with E-state index in [-0.39, 0.29) is 28.0 Å². The monoisotopic (exact) mass is 427 g/mol. The summed E-state index contributed by atoms with van der Waals surface area (Å²) in [5.74, 6) is -0.0387. The Bertz CT molecular complexity index is 1150. The molecule has 2 N–H and O–H groups in total. The zero-order chi connectivity index (χ0) is 21.8. The van der Waals surface area contributed by atoms with Gasteiger partial charge in [0.1, 0.15) is 11.3 Å². The highest BCUT2D eigenvalue weighted by Crippen LogP contribution is 2.38. The predicted molar refractivity (Wildman–Crippen MR) is 122 cm³/mol. The summed E-state index contributed by atoms with van der Waals surface area (Å²) in [6.45, 7) is 8.88. The van der Waals surface area contributed by atoms with Crippen LogP contribution in [0.25, 0.3) is 21.5 Å². The molecule has 0 amide bonds. The fourth-order valence-electron chi connectivity index (χ4n) is 4.83. The van der Waals surface area contributed by atoms with Gasteiger partial charge in [-0.05, 0) is 52.7 Å². The van der Waals surface area contributed by atoms with Gasteiger partial charge in [0.25, 0.3) is 5.56 Å². The third-order valence-electron chi connectivity index (χ3n) is 5.92. The number of aromatic hydroxyl groups is 1. The molecule has 1 aliphatic heterocycles. The molecular formula is C22H29N5O2S. The summed E-state index contributed by atoms with van der Waals surface area (Å²) in [5.41, 5.74) is 0.645. The Labute approximate surface area is 180 Å². The van der Waals surface area contributed by atoms with Crippen molar-refractivity contribution >= 4 is 27.4 Å². The number of para-hydroxylation sites is 1. The molecule has 0 atom stereocenters. The number of hydrogen-bond acceptors (Lipinski definition) is 7. The summed E-state index contributed by atoms with van der Waals surface area (Å²) in [6.07, 6.45) is 1.95. The van der Waals surface area contributed by atoms with E-state index in [1.807, 2.05) is 25.2 Å². The molecule has 8 heteroatoms. The summed E-state index contributed by atoms with van der Waals surface area (Å²) < 4.78 is 1.55. The van der Waals surface area contributed by atoms with Gasteiger partial charge in [-0.2, -0.15) is 0 Å². The molecule has 2 aromatic heterocycles. The zero-order valence-electron chi connectivity index (χ0n) is 18.4. The second-order valence-electron chi connectivity index (χ2n) is 9.56. The van der Waals surface area contributed by atoms with Gasteiger partial charge in [-0.25, -0.2) is 0 Å². The molecule has 0 radical (unpaired) electrons. The van der Waals surface area contributed by atoms with Gasteiger partial charge in [0.05, 0.1) is 5.52 Å². The molecule has 1 fully saturated rings. The standard InChI is InChI=1S/C22H29N5O2S/c1-21(2)11-13(12-22(3,4)25-21)26(5)20-24-23-18(30-20)16-17(28)14-9-7-8-10-15(14)27(6)19(16)29/h7-10,13,25,28H,11-12H2,1-6H3. The van der Waals surface area contributed by atoms with Gasteiger partial charge in [-0.3, -0.25) is 4.79 Å². The maximum absolute atomic E-state index is 13.0. The molecule has 3 heterocycles. The highest BCUT2D eigenvalue weighted by atomic mass is 32.1. The van der Waals surface area contributed by atoms with E-state index in [0.29, 0.717) is 22.0 Å². The number of aromatic nitrogens is 3. The minimum Gasteiger partial charge on any atom is -0.506 e. The van der Waals surface area contributed by atoms with Crippen LogP contribution in [0, 0.1) is 0 Å². The number of anilines is 1. The van der Waals surface area contributed by atoms with Crippen molar-refractivity contribution in [3.05, 3.63) is 34.6 Å². The first kappa shape index (κ1) is 20.8. The second kappa shape index (κ2) is 7.06. The number of hydrogen-bond donors (Lipinski definition) is 2. The third kappa shape index (κ3) is 3.58. The van der Waals surface area contributed by atoms with Gasteiger partial charge >= 0.3 is 0 Å². The van der Waals surface area contributed by atoms with Crippen molar-refractivity contribution in [2.24, 2.45) is 7.05 Å². The van der Waals surface area contributed by atoms with E-state index >= 15 is 0 Å². The molecule has 1 aromatic carbocycles. The Balaban J connectivity index is 1.73. The average molecular weight is 428 g/mol. The van der Waals surface area contributed by atoms with Crippen molar-refractivity contribution in [3.63, 3.8) is 0 Å². The molecule has 0 spiro atoms. The van der Waals surface area contributed by atoms with E-state index in [9.17, 15) is 9.90 Å². The molecule has 0 bridgehead atoms. The molecule has 0 aliphatic carbocycles. The Morgan fingerprint density at radius 2 is 1.80 bits per heavy atom. The van der Waals surface area contributed by atoms with Crippen LogP contribution in [0.1, 0.15) is 40.5 Å². The Morgan fingerprint density at radius 1 is 1.17 bits per heavy atom. The number of pyridine rings is 1. The lowest BCUT2D eigenvalue weighted by Crippen LogP contribution is -2.61. The maximum atomic E-state index is 13.0. The first-order valence-corrected chi connectivity index (χ1v) is 11.0. The molecule has 4 rings (SSSR count). The van der Waals surface area contributed by atoms with Crippen LogP contribution in [0.2, 0.25) is 0 Å². The van der Waals surface area contributed by atoms with Crippen molar-refractivity contribution in [2.45, 2.75) is 57.7 Å². The smallest absolute Gasteiger partial charge is 0.264 e. The number of piperidine rings is 1. The number of nitrogens with one attached hydrogen (secondary N) is 1.